The van der Waals surface area contributed by atoms with Crippen LogP contribution in [0.4, 0.5) is 0 Å². The zero-order valence-corrected chi connectivity index (χ0v) is 15.5. The lowest BCUT2D eigenvalue weighted by molar-refractivity contribution is 0.483. The fourth-order valence-corrected chi connectivity index (χ4v) is 3.32. The summed E-state index contributed by atoms with van der Waals surface area (Å²) in [6.45, 7) is 6.28. The maximum atomic E-state index is 4.25. The summed E-state index contributed by atoms with van der Waals surface area (Å²) in [6, 6.07) is 10.5. The lowest BCUT2D eigenvalue weighted by Crippen LogP contribution is -2.09. The van der Waals surface area contributed by atoms with E-state index in [-0.39, 0.29) is 0 Å². The first-order valence-electron chi connectivity index (χ1n) is 8.75. The first-order valence-corrected chi connectivity index (χ1v) is 9.39. The van der Waals surface area contributed by atoms with E-state index < -0.39 is 0 Å². The summed E-state index contributed by atoms with van der Waals surface area (Å²) in [7, 11) is 0. The van der Waals surface area contributed by atoms with Crippen LogP contribution >= 0.6 is 12.6 Å². The first kappa shape index (κ1) is 18.6. The Balaban J connectivity index is 2.06. The minimum Gasteiger partial charge on any atom is -0.175 e. The average molecular weight is 337 g/mol. The highest BCUT2D eigenvalue weighted by Gasteiger charge is 2.16. The molecule has 0 aromatic heterocycles. The Labute approximate surface area is 152 Å². The summed E-state index contributed by atoms with van der Waals surface area (Å²) in [4.78, 5) is 0. The monoisotopic (exact) mass is 336 g/mol. The van der Waals surface area contributed by atoms with Gasteiger partial charge in [0.15, 0.2) is 0 Å². The molecule has 2 rings (SSSR count). The molecule has 1 aliphatic rings. The fourth-order valence-electron chi connectivity index (χ4n) is 3.20. The normalized spacial score (nSPS) is 19.3. The second-order valence-corrected chi connectivity index (χ2v) is 6.72. The van der Waals surface area contributed by atoms with Crippen molar-refractivity contribution in [2.45, 2.75) is 26.2 Å². The van der Waals surface area contributed by atoms with Crippen LogP contribution < -0.4 is 0 Å². The van der Waals surface area contributed by atoms with Crippen molar-refractivity contribution in [2.75, 3.05) is 5.75 Å². The SMILES string of the molecule is C=C/C(=C\CC1=CC=CC[C@H]1C[C@@H](C)C=CCS)c1ccccc1. The van der Waals surface area contributed by atoms with E-state index in [1.165, 1.54) is 23.1 Å². The molecule has 0 amide bonds. The van der Waals surface area contributed by atoms with Gasteiger partial charge in [-0.1, -0.05) is 91.9 Å². The number of thiol groups is 1. The van der Waals surface area contributed by atoms with Gasteiger partial charge in [-0.25, -0.2) is 0 Å². The molecule has 0 fully saturated rings. The summed E-state index contributed by atoms with van der Waals surface area (Å²) >= 11 is 4.25. The van der Waals surface area contributed by atoms with E-state index in [0.717, 1.165) is 18.6 Å². The molecule has 0 saturated heterocycles. The van der Waals surface area contributed by atoms with E-state index in [1.807, 2.05) is 6.08 Å². The van der Waals surface area contributed by atoms with Crippen molar-refractivity contribution in [1.82, 2.24) is 0 Å². The van der Waals surface area contributed by atoms with Crippen LogP contribution in [0, 0.1) is 11.8 Å². The zero-order valence-electron chi connectivity index (χ0n) is 14.6. The molecule has 0 heterocycles. The highest BCUT2D eigenvalue weighted by molar-refractivity contribution is 7.80. The van der Waals surface area contributed by atoms with E-state index in [1.54, 1.807) is 0 Å². The van der Waals surface area contributed by atoms with Gasteiger partial charge < -0.3 is 0 Å². The Bertz CT molecular complexity index is 631. The standard InChI is InChI=1S/C23H28S/c1-3-20(21-11-5-4-6-12-21)15-16-22-13-7-8-14-23(22)18-19(2)10-9-17-24/h3-13,15,19,23-24H,1,14,16-18H2,2H3/b10-9?,20-15+/t19-,23-/m0/s1. The van der Waals surface area contributed by atoms with Crippen molar-refractivity contribution in [3.63, 3.8) is 0 Å². The molecule has 126 valence electrons. The van der Waals surface area contributed by atoms with Gasteiger partial charge in [0.1, 0.15) is 0 Å². The van der Waals surface area contributed by atoms with Gasteiger partial charge in [0, 0.05) is 5.75 Å². The third-order valence-electron chi connectivity index (χ3n) is 4.50. The van der Waals surface area contributed by atoms with Gasteiger partial charge in [-0.2, -0.15) is 12.6 Å². The number of hydrogen-bond donors (Lipinski definition) is 1. The van der Waals surface area contributed by atoms with Gasteiger partial charge in [-0.3, -0.25) is 0 Å². The maximum absolute atomic E-state index is 4.25. The Morgan fingerprint density at radius 1 is 1.33 bits per heavy atom. The van der Waals surface area contributed by atoms with Gasteiger partial charge in [0.25, 0.3) is 0 Å². The number of benzene rings is 1. The van der Waals surface area contributed by atoms with Crippen LogP contribution in [0.25, 0.3) is 5.57 Å². The molecule has 1 aromatic rings. The third kappa shape index (κ3) is 5.72. The molecule has 0 N–H and O–H groups in total. The molecule has 0 nitrogen and oxygen atoms in total. The largest absolute Gasteiger partial charge is 0.175 e. The molecule has 0 spiro atoms. The second-order valence-electron chi connectivity index (χ2n) is 6.36. The van der Waals surface area contributed by atoms with Crippen molar-refractivity contribution < 1.29 is 0 Å². The van der Waals surface area contributed by atoms with Gasteiger partial charge in [0.05, 0.1) is 0 Å². The minimum absolute atomic E-state index is 0.592. The Hall–Kier alpha value is -1.73. The van der Waals surface area contributed by atoms with Gasteiger partial charge in [0.2, 0.25) is 0 Å². The lowest BCUT2D eigenvalue weighted by Gasteiger charge is -2.23. The van der Waals surface area contributed by atoms with Crippen LogP contribution in [0.5, 0.6) is 0 Å². The molecule has 1 aliphatic carbocycles. The van der Waals surface area contributed by atoms with Crippen LogP contribution in [0.15, 0.2) is 85.0 Å². The molecular weight excluding hydrogens is 308 g/mol. The second kappa shape index (κ2) is 10.2. The maximum Gasteiger partial charge on any atom is 0.00826 e. The molecule has 0 saturated carbocycles. The van der Waals surface area contributed by atoms with Crippen molar-refractivity contribution >= 4 is 18.2 Å². The van der Waals surface area contributed by atoms with Crippen LogP contribution in [0.3, 0.4) is 0 Å². The lowest BCUT2D eigenvalue weighted by atomic mass is 9.82. The smallest absolute Gasteiger partial charge is 0.00826 e. The molecule has 1 heteroatoms. The minimum atomic E-state index is 0.592. The van der Waals surface area contributed by atoms with E-state index >= 15 is 0 Å². The Morgan fingerprint density at radius 3 is 2.83 bits per heavy atom. The van der Waals surface area contributed by atoms with Crippen molar-refractivity contribution in [3.05, 3.63) is 90.6 Å². The summed E-state index contributed by atoms with van der Waals surface area (Å²) in [6.07, 6.45) is 18.8. The quantitative estimate of drug-likeness (QED) is 0.306. The number of hydrogen-bond acceptors (Lipinski definition) is 1. The first-order chi connectivity index (χ1) is 11.7. The van der Waals surface area contributed by atoms with Crippen LogP contribution in [-0.4, -0.2) is 5.75 Å². The van der Waals surface area contributed by atoms with E-state index in [9.17, 15) is 0 Å². The van der Waals surface area contributed by atoms with Crippen LogP contribution in [-0.2, 0) is 0 Å². The van der Waals surface area contributed by atoms with Crippen molar-refractivity contribution in [1.29, 1.82) is 0 Å². The Kier molecular flexibility index (Phi) is 7.91. The summed E-state index contributed by atoms with van der Waals surface area (Å²) in [5, 5.41) is 0. The van der Waals surface area contributed by atoms with E-state index in [4.69, 9.17) is 0 Å². The predicted molar refractivity (Wildman–Crippen MR) is 111 cm³/mol. The van der Waals surface area contributed by atoms with E-state index in [2.05, 4.69) is 92.9 Å². The fraction of sp³-hybridized carbons (Fsp3) is 0.304. The molecular formula is C23H28S. The highest BCUT2D eigenvalue weighted by Crippen LogP contribution is 2.31. The topological polar surface area (TPSA) is 0 Å². The zero-order chi connectivity index (χ0) is 17.2. The van der Waals surface area contributed by atoms with Crippen LogP contribution in [0.1, 0.15) is 31.7 Å². The van der Waals surface area contributed by atoms with Gasteiger partial charge in [-0.05, 0) is 42.2 Å². The van der Waals surface area contributed by atoms with Gasteiger partial charge in [-0.15, -0.1) is 0 Å². The number of rotatable bonds is 8. The van der Waals surface area contributed by atoms with Crippen LogP contribution in [0.2, 0.25) is 0 Å². The highest BCUT2D eigenvalue weighted by atomic mass is 32.1. The third-order valence-corrected chi connectivity index (χ3v) is 4.71. The molecule has 0 unspecified atom stereocenters. The van der Waals surface area contributed by atoms with E-state index in [0.29, 0.717) is 11.8 Å². The molecule has 0 aliphatic heterocycles. The molecule has 0 radical (unpaired) electrons. The summed E-state index contributed by atoms with van der Waals surface area (Å²) in [5.41, 5.74) is 3.98. The molecule has 1 aromatic carbocycles. The summed E-state index contributed by atoms with van der Waals surface area (Å²) < 4.78 is 0. The molecule has 2 atom stereocenters. The Morgan fingerprint density at radius 2 is 2.12 bits per heavy atom. The van der Waals surface area contributed by atoms with Gasteiger partial charge >= 0.3 is 0 Å². The summed E-state index contributed by atoms with van der Waals surface area (Å²) in [5.74, 6) is 2.04. The molecule has 24 heavy (non-hydrogen) atoms. The van der Waals surface area contributed by atoms with Crippen molar-refractivity contribution in [3.8, 4) is 0 Å². The van der Waals surface area contributed by atoms with Crippen molar-refractivity contribution in [2.24, 2.45) is 11.8 Å². The predicted octanol–water partition coefficient (Wildman–Crippen LogP) is 6.66. The number of allylic oxidation sites excluding steroid dienone is 8. The molecule has 0 bridgehead atoms. The average Bonchev–Trinajstić information content (AvgIpc) is 2.62.